The number of benzene rings is 2. The number of amides is 2. The fraction of sp³-hybridized carbons (Fsp3) is 0.235. The Kier molecular flexibility index (Phi) is 6.31. The second-order valence-electron chi connectivity index (χ2n) is 5.12. The molecule has 0 bridgehead atoms. The molecule has 2 aromatic carbocycles. The van der Waals surface area contributed by atoms with E-state index in [2.05, 4.69) is 5.32 Å². The Bertz CT molecular complexity index is 738. The third kappa shape index (κ3) is 4.77. The minimum Gasteiger partial charge on any atom is -0.489 e. The highest BCUT2D eigenvalue weighted by Gasteiger charge is 2.10. The van der Waals surface area contributed by atoms with E-state index in [-0.39, 0.29) is 0 Å². The van der Waals surface area contributed by atoms with E-state index in [9.17, 15) is 4.79 Å². The van der Waals surface area contributed by atoms with Crippen LogP contribution in [0.4, 0.5) is 10.5 Å². The molecule has 2 amide bonds. The number of nitrogens with one attached hydrogen (secondary N) is 1. The summed E-state index contributed by atoms with van der Waals surface area (Å²) in [5.74, 6) is 0.715. The monoisotopic (exact) mass is 368 g/mol. The van der Waals surface area contributed by atoms with E-state index in [1.165, 1.54) is 14.2 Å². The summed E-state index contributed by atoms with van der Waals surface area (Å²) in [6.07, 6.45) is 0. The molecular formula is C17H18Cl2N2O3. The zero-order valence-electron chi connectivity index (χ0n) is 13.6. The molecule has 7 heteroatoms. The number of rotatable bonds is 5. The van der Waals surface area contributed by atoms with Crippen molar-refractivity contribution in [2.45, 2.75) is 13.5 Å². The van der Waals surface area contributed by atoms with Crippen molar-refractivity contribution in [2.24, 2.45) is 0 Å². The molecule has 1 N–H and O–H groups in total. The zero-order chi connectivity index (χ0) is 17.7. The summed E-state index contributed by atoms with van der Waals surface area (Å²) in [6.45, 7) is 2.22. The van der Waals surface area contributed by atoms with E-state index in [0.29, 0.717) is 28.1 Å². The summed E-state index contributed by atoms with van der Waals surface area (Å²) >= 11 is 12.2. The summed E-state index contributed by atoms with van der Waals surface area (Å²) in [4.78, 5) is 16.5. The smallest absolute Gasteiger partial charge is 0.345 e. The topological polar surface area (TPSA) is 50.8 Å². The van der Waals surface area contributed by atoms with Gasteiger partial charge in [0.2, 0.25) is 0 Å². The summed E-state index contributed by atoms with van der Waals surface area (Å²) in [5.41, 5.74) is 2.32. The number of nitrogens with zero attached hydrogens (tertiary/aromatic N) is 1. The molecule has 0 unspecified atom stereocenters. The Hall–Kier alpha value is -1.95. The van der Waals surface area contributed by atoms with Crippen LogP contribution in [-0.2, 0) is 11.4 Å². The molecule has 0 radical (unpaired) electrons. The van der Waals surface area contributed by atoms with Crippen molar-refractivity contribution in [1.82, 2.24) is 5.06 Å². The molecule has 0 heterocycles. The second-order valence-corrected chi connectivity index (χ2v) is 5.93. The Morgan fingerprint density at radius 2 is 1.92 bits per heavy atom. The van der Waals surface area contributed by atoms with E-state index < -0.39 is 6.03 Å². The minimum absolute atomic E-state index is 0.312. The van der Waals surface area contributed by atoms with Gasteiger partial charge in [0.15, 0.2) is 0 Å². The van der Waals surface area contributed by atoms with Gasteiger partial charge in [-0.15, -0.1) is 0 Å². The maximum absolute atomic E-state index is 11.7. The van der Waals surface area contributed by atoms with Gasteiger partial charge in [-0.25, -0.2) is 9.86 Å². The van der Waals surface area contributed by atoms with Crippen LogP contribution in [0.2, 0.25) is 10.0 Å². The van der Waals surface area contributed by atoms with Gasteiger partial charge in [-0.1, -0.05) is 29.3 Å². The van der Waals surface area contributed by atoms with E-state index >= 15 is 0 Å². The molecule has 0 atom stereocenters. The van der Waals surface area contributed by atoms with Gasteiger partial charge in [0.25, 0.3) is 0 Å². The first-order valence-corrected chi connectivity index (χ1v) is 7.92. The number of anilines is 1. The van der Waals surface area contributed by atoms with Crippen molar-refractivity contribution >= 4 is 34.9 Å². The Balaban J connectivity index is 2.01. The third-order valence-corrected chi connectivity index (χ3v) is 4.16. The van der Waals surface area contributed by atoms with Crippen molar-refractivity contribution in [1.29, 1.82) is 0 Å². The van der Waals surface area contributed by atoms with Gasteiger partial charge < -0.3 is 10.1 Å². The minimum atomic E-state index is -0.394. The van der Waals surface area contributed by atoms with Gasteiger partial charge in [0, 0.05) is 28.3 Å². The molecule has 24 heavy (non-hydrogen) atoms. The van der Waals surface area contributed by atoms with Crippen molar-refractivity contribution in [3.05, 3.63) is 57.6 Å². The molecule has 0 aliphatic heterocycles. The number of urea groups is 1. The Morgan fingerprint density at radius 3 is 2.54 bits per heavy atom. The first kappa shape index (κ1) is 18.4. The average molecular weight is 369 g/mol. The third-order valence-electron chi connectivity index (χ3n) is 3.39. The number of carbonyl (C=O) groups excluding carboxylic acids is 1. The standard InChI is InChI=1S/C17H18Cl2N2O3/c1-11-8-14(6-7-15(11)18)24-10-12-4-5-13(9-16(12)19)20-17(22)21(2)23-3/h4-9H,10H2,1-3H3,(H,20,22). The van der Waals surface area contributed by atoms with Crippen LogP contribution in [0.5, 0.6) is 5.75 Å². The van der Waals surface area contributed by atoms with Gasteiger partial charge in [-0.2, -0.15) is 0 Å². The van der Waals surface area contributed by atoms with E-state index in [4.69, 9.17) is 32.8 Å². The van der Waals surface area contributed by atoms with Gasteiger partial charge >= 0.3 is 6.03 Å². The number of halogens is 2. The number of ether oxygens (including phenoxy) is 1. The van der Waals surface area contributed by atoms with Crippen molar-refractivity contribution < 1.29 is 14.4 Å². The highest BCUT2D eigenvalue weighted by atomic mass is 35.5. The lowest BCUT2D eigenvalue weighted by molar-refractivity contribution is -0.0598. The van der Waals surface area contributed by atoms with Crippen molar-refractivity contribution in [3.63, 3.8) is 0 Å². The fourth-order valence-corrected chi connectivity index (χ4v) is 2.25. The Labute approximate surface area is 151 Å². The molecule has 0 spiro atoms. The first-order chi connectivity index (χ1) is 11.4. The van der Waals surface area contributed by atoms with Crippen molar-refractivity contribution in [2.75, 3.05) is 19.5 Å². The molecule has 0 saturated carbocycles. The van der Waals surface area contributed by atoms with E-state index in [1.807, 2.05) is 13.0 Å². The lowest BCUT2D eigenvalue weighted by atomic mass is 10.2. The molecule has 0 saturated heterocycles. The number of aryl methyl sites for hydroxylation is 1. The highest BCUT2D eigenvalue weighted by molar-refractivity contribution is 6.31. The predicted octanol–water partition coefficient (Wildman–Crippen LogP) is 4.91. The second kappa shape index (κ2) is 8.24. The molecule has 0 aromatic heterocycles. The summed E-state index contributed by atoms with van der Waals surface area (Å²) in [7, 11) is 2.92. The number of hydrogen-bond acceptors (Lipinski definition) is 3. The van der Waals surface area contributed by atoms with Crippen LogP contribution in [0.15, 0.2) is 36.4 Å². The normalized spacial score (nSPS) is 10.4. The number of hydrogen-bond donors (Lipinski definition) is 1. The van der Waals surface area contributed by atoms with Gasteiger partial charge in [-0.05, 0) is 42.8 Å². The molecule has 5 nitrogen and oxygen atoms in total. The molecule has 2 aromatic rings. The molecule has 0 aliphatic rings. The van der Waals surface area contributed by atoms with Crippen LogP contribution in [0.1, 0.15) is 11.1 Å². The molecular weight excluding hydrogens is 351 g/mol. The SMILES string of the molecule is CON(C)C(=O)Nc1ccc(COc2ccc(Cl)c(C)c2)c(Cl)c1. The Morgan fingerprint density at radius 1 is 1.17 bits per heavy atom. The summed E-state index contributed by atoms with van der Waals surface area (Å²) in [6, 6.07) is 10.3. The molecule has 0 fully saturated rings. The largest absolute Gasteiger partial charge is 0.489 e. The maximum atomic E-state index is 11.7. The summed E-state index contributed by atoms with van der Waals surface area (Å²) in [5, 5.41) is 4.94. The number of hydroxylamine groups is 2. The molecule has 2 rings (SSSR count). The lowest BCUT2D eigenvalue weighted by Crippen LogP contribution is -2.30. The van der Waals surface area contributed by atoms with E-state index in [1.54, 1.807) is 30.3 Å². The van der Waals surface area contributed by atoms with Gasteiger partial charge in [0.1, 0.15) is 12.4 Å². The number of carbonyl (C=O) groups is 1. The van der Waals surface area contributed by atoms with Crippen LogP contribution in [0.3, 0.4) is 0 Å². The van der Waals surface area contributed by atoms with Gasteiger partial charge in [0.05, 0.1) is 7.11 Å². The van der Waals surface area contributed by atoms with Crippen LogP contribution in [-0.4, -0.2) is 25.3 Å². The van der Waals surface area contributed by atoms with Crippen LogP contribution in [0.25, 0.3) is 0 Å². The fourth-order valence-electron chi connectivity index (χ4n) is 1.90. The van der Waals surface area contributed by atoms with Crippen LogP contribution < -0.4 is 10.1 Å². The van der Waals surface area contributed by atoms with Crippen molar-refractivity contribution in [3.8, 4) is 5.75 Å². The highest BCUT2D eigenvalue weighted by Crippen LogP contribution is 2.25. The first-order valence-electron chi connectivity index (χ1n) is 7.17. The van der Waals surface area contributed by atoms with E-state index in [0.717, 1.165) is 16.2 Å². The predicted molar refractivity (Wildman–Crippen MR) is 95.8 cm³/mol. The maximum Gasteiger partial charge on any atom is 0.345 e. The quantitative estimate of drug-likeness (QED) is 0.763. The molecule has 128 valence electrons. The zero-order valence-corrected chi connectivity index (χ0v) is 15.1. The summed E-state index contributed by atoms with van der Waals surface area (Å²) < 4.78 is 5.73. The van der Waals surface area contributed by atoms with Crippen LogP contribution >= 0.6 is 23.2 Å². The molecule has 0 aliphatic carbocycles. The average Bonchev–Trinajstić information content (AvgIpc) is 2.56. The van der Waals surface area contributed by atoms with Crippen LogP contribution in [0, 0.1) is 6.92 Å². The van der Waals surface area contributed by atoms with Gasteiger partial charge in [-0.3, -0.25) is 4.84 Å². The lowest BCUT2D eigenvalue weighted by Gasteiger charge is -2.15.